The van der Waals surface area contributed by atoms with E-state index in [1.165, 1.54) is 11.1 Å². The summed E-state index contributed by atoms with van der Waals surface area (Å²) in [5.74, 6) is 0.519. The first-order valence-corrected chi connectivity index (χ1v) is 5.62. The molecule has 0 bridgehead atoms. The molecule has 0 spiro atoms. The molecule has 0 saturated carbocycles. The molecule has 1 unspecified atom stereocenters. The van der Waals surface area contributed by atoms with Crippen molar-refractivity contribution >= 4 is 0 Å². The number of benzene rings is 1. The van der Waals surface area contributed by atoms with Crippen LogP contribution in [0.25, 0.3) is 0 Å². The van der Waals surface area contributed by atoms with E-state index in [1.807, 2.05) is 0 Å². The van der Waals surface area contributed by atoms with E-state index < -0.39 is 0 Å². The van der Waals surface area contributed by atoms with E-state index in [1.54, 1.807) is 0 Å². The predicted octanol–water partition coefficient (Wildman–Crippen LogP) is 3.04. The Hall–Kier alpha value is -0.890. The van der Waals surface area contributed by atoms with Crippen LogP contribution in [0.4, 0.5) is 4.39 Å². The number of rotatable bonds is 6. The van der Waals surface area contributed by atoms with Crippen molar-refractivity contribution in [2.24, 2.45) is 5.73 Å². The number of alkyl halides is 1. The summed E-state index contributed by atoms with van der Waals surface area (Å²) in [7, 11) is 0. The van der Waals surface area contributed by atoms with Gasteiger partial charge in [-0.3, -0.25) is 4.39 Å². The van der Waals surface area contributed by atoms with Crippen LogP contribution in [0.15, 0.2) is 24.3 Å². The van der Waals surface area contributed by atoms with Gasteiger partial charge in [-0.15, -0.1) is 0 Å². The van der Waals surface area contributed by atoms with Crippen LogP contribution in [0.3, 0.4) is 0 Å². The van der Waals surface area contributed by atoms with Gasteiger partial charge >= 0.3 is 0 Å². The zero-order chi connectivity index (χ0) is 11.1. The lowest BCUT2D eigenvalue weighted by Gasteiger charge is -2.10. The third-order valence-electron chi connectivity index (χ3n) is 2.75. The molecule has 0 aliphatic heterocycles. The van der Waals surface area contributed by atoms with E-state index in [0.717, 1.165) is 19.4 Å². The topological polar surface area (TPSA) is 26.0 Å². The third kappa shape index (κ3) is 4.00. The smallest absolute Gasteiger partial charge is 0.0897 e. The Labute approximate surface area is 91.5 Å². The number of hydrogen-bond acceptors (Lipinski definition) is 1. The van der Waals surface area contributed by atoms with Crippen molar-refractivity contribution in [3.63, 3.8) is 0 Å². The molecule has 84 valence electrons. The molecule has 0 heterocycles. The first-order valence-electron chi connectivity index (χ1n) is 5.62. The van der Waals surface area contributed by atoms with E-state index in [0.29, 0.717) is 12.3 Å². The maximum atomic E-state index is 12.0. The fourth-order valence-corrected chi connectivity index (χ4v) is 1.70. The molecule has 0 saturated heterocycles. The fourth-order valence-electron chi connectivity index (χ4n) is 1.70. The van der Waals surface area contributed by atoms with E-state index >= 15 is 0 Å². The first-order chi connectivity index (χ1) is 7.27. The lowest BCUT2D eigenvalue weighted by molar-refractivity contribution is 0.473. The van der Waals surface area contributed by atoms with Crippen molar-refractivity contribution < 1.29 is 4.39 Å². The average molecular weight is 209 g/mol. The van der Waals surface area contributed by atoms with Gasteiger partial charge in [-0.05, 0) is 42.9 Å². The van der Waals surface area contributed by atoms with Crippen molar-refractivity contribution in [1.82, 2.24) is 0 Å². The zero-order valence-corrected chi connectivity index (χ0v) is 9.38. The number of halogens is 1. The molecule has 0 aromatic heterocycles. The van der Waals surface area contributed by atoms with Crippen LogP contribution >= 0.6 is 0 Å². The molecule has 2 heteroatoms. The van der Waals surface area contributed by atoms with Gasteiger partial charge in [-0.1, -0.05) is 31.2 Å². The Morgan fingerprint density at radius 1 is 1.27 bits per heavy atom. The molecule has 1 rings (SSSR count). The summed E-state index contributed by atoms with van der Waals surface area (Å²) in [5.41, 5.74) is 8.06. The van der Waals surface area contributed by atoms with Gasteiger partial charge in [0.2, 0.25) is 0 Å². The Bertz CT molecular complexity index is 268. The summed E-state index contributed by atoms with van der Waals surface area (Å²) < 4.78 is 12.0. The second kappa shape index (κ2) is 6.57. The van der Waals surface area contributed by atoms with E-state index in [4.69, 9.17) is 5.73 Å². The van der Waals surface area contributed by atoms with E-state index in [-0.39, 0.29) is 6.67 Å². The zero-order valence-electron chi connectivity index (χ0n) is 9.38. The van der Waals surface area contributed by atoms with E-state index in [9.17, 15) is 4.39 Å². The molecule has 1 aromatic carbocycles. The summed E-state index contributed by atoms with van der Waals surface area (Å²) >= 11 is 0. The van der Waals surface area contributed by atoms with Gasteiger partial charge in [0, 0.05) is 0 Å². The average Bonchev–Trinajstić information content (AvgIpc) is 2.27. The van der Waals surface area contributed by atoms with Crippen LogP contribution in [0.2, 0.25) is 0 Å². The molecule has 0 fully saturated rings. The maximum Gasteiger partial charge on any atom is 0.0897 e. The maximum absolute atomic E-state index is 12.0. The first kappa shape index (κ1) is 12.2. The second-order valence-electron chi connectivity index (χ2n) is 4.01. The minimum absolute atomic E-state index is 0.231. The molecule has 0 aliphatic carbocycles. The summed E-state index contributed by atoms with van der Waals surface area (Å²) in [6.07, 6.45) is 2.48. The quantitative estimate of drug-likeness (QED) is 0.765. The summed E-state index contributed by atoms with van der Waals surface area (Å²) in [5, 5.41) is 0. The van der Waals surface area contributed by atoms with Crippen LogP contribution in [-0.2, 0) is 6.42 Å². The molecular weight excluding hydrogens is 189 g/mol. The van der Waals surface area contributed by atoms with Crippen molar-refractivity contribution in [3.8, 4) is 0 Å². The van der Waals surface area contributed by atoms with Crippen LogP contribution in [0, 0.1) is 0 Å². The normalized spacial score (nSPS) is 12.7. The van der Waals surface area contributed by atoms with Crippen LogP contribution in [0.1, 0.15) is 36.8 Å². The largest absolute Gasteiger partial charge is 0.330 e. The second-order valence-corrected chi connectivity index (χ2v) is 4.01. The van der Waals surface area contributed by atoms with Gasteiger partial charge < -0.3 is 5.73 Å². The summed E-state index contributed by atoms with van der Waals surface area (Å²) in [6.45, 7) is 2.68. The van der Waals surface area contributed by atoms with Crippen LogP contribution in [-0.4, -0.2) is 13.2 Å². The Morgan fingerprint density at radius 2 is 1.93 bits per heavy atom. The van der Waals surface area contributed by atoms with Gasteiger partial charge in [-0.25, -0.2) is 0 Å². The summed E-state index contributed by atoms with van der Waals surface area (Å²) in [6, 6.07) is 8.46. The van der Waals surface area contributed by atoms with Crippen LogP contribution in [0.5, 0.6) is 0 Å². The molecule has 1 nitrogen and oxygen atoms in total. The molecular formula is C13H20FN. The molecule has 2 N–H and O–H groups in total. The highest BCUT2D eigenvalue weighted by Gasteiger charge is 2.03. The molecule has 0 radical (unpaired) electrons. The van der Waals surface area contributed by atoms with Gasteiger partial charge in [0.1, 0.15) is 0 Å². The van der Waals surface area contributed by atoms with E-state index in [2.05, 4.69) is 31.2 Å². The number of aryl methyl sites for hydroxylation is 1. The molecule has 0 amide bonds. The Kier molecular flexibility index (Phi) is 5.33. The molecule has 15 heavy (non-hydrogen) atoms. The molecule has 1 aromatic rings. The molecule has 1 atom stereocenters. The highest BCUT2D eigenvalue weighted by molar-refractivity contribution is 5.25. The number of hydrogen-bond donors (Lipinski definition) is 1. The van der Waals surface area contributed by atoms with Gasteiger partial charge in [0.15, 0.2) is 0 Å². The van der Waals surface area contributed by atoms with Gasteiger partial charge in [0.05, 0.1) is 6.67 Å². The SMILES string of the molecule is CC(CCN)c1ccc(CCCF)cc1. The van der Waals surface area contributed by atoms with Crippen molar-refractivity contribution in [2.75, 3.05) is 13.2 Å². The van der Waals surface area contributed by atoms with Crippen molar-refractivity contribution in [2.45, 2.75) is 32.1 Å². The number of nitrogens with two attached hydrogens (primary N) is 1. The monoisotopic (exact) mass is 209 g/mol. The van der Waals surface area contributed by atoms with Gasteiger partial charge in [0.25, 0.3) is 0 Å². The van der Waals surface area contributed by atoms with Crippen LogP contribution < -0.4 is 5.73 Å². The Balaban J connectivity index is 2.55. The summed E-state index contributed by atoms with van der Waals surface area (Å²) in [4.78, 5) is 0. The van der Waals surface area contributed by atoms with Crippen molar-refractivity contribution in [1.29, 1.82) is 0 Å². The van der Waals surface area contributed by atoms with Gasteiger partial charge in [-0.2, -0.15) is 0 Å². The standard InChI is InChI=1S/C13H20FN/c1-11(8-10-15)13-6-4-12(5-7-13)3-2-9-14/h4-7,11H,2-3,8-10,15H2,1H3. The minimum Gasteiger partial charge on any atom is -0.330 e. The molecule has 0 aliphatic rings. The lowest BCUT2D eigenvalue weighted by atomic mass is 9.96. The predicted molar refractivity (Wildman–Crippen MR) is 62.8 cm³/mol. The lowest BCUT2D eigenvalue weighted by Crippen LogP contribution is -2.04. The van der Waals surface area contributed by atoms with Crippen molar-refractivity contribution in [3.05, 3.63) is 35.4 Å². The fraction of sp³-hybridized carbons (Fsp3) is 0.538. The minimum atomic E-state index is -0.231. The Morgan fingerprint density at radius 3 is 2.47 bits per heavy atom. The third-order valence-corrected chi connectivity index (χ3v) is 2.75. The highest BCUT2D eigenvalue weighted by Crippen LogP contribution is 2.19. The highest BCUT2D eigenvalue weighted by atomic mass is 19.1.